The Kier molecular flexibility index (Phi) is 2.04. The number of hydrogen-bond donors (Lipinski definition) is 1. The number of rotatable bonds is 2. The van der Waals surface area contributed by atoms with Gasteiger partial charge in [-0.25, -0.2) is 0 Å². The molecule has 66 valence electrons. The van der Waals surface area contributed by atoms with Gasteiger partial charge in [-0.3, -0.25) is 0 Å². The Morgan fingerprint density at radius 3 is 2.46 bits per heavy atom. The van der Waals surface area contributed by atoms with Crippen LogP contribution in [0, 0.1) is 0 Å². The van der Waals surface area contributed by atoms with Crippen molar-refractivity contribution in [3.63, 3.8) is 0 Å². The van der Waals surface area contributed by atoms with Crippen molar-refractivity contribution < 1.29 is 9.52 Å². The second-order valence-electron chi connectivity index (χ2n) is 2.89. The molecule has 0 amide bonds. The van der Waals surface area contributed by atoms with Crippen LogP contribution in [0.1, 0.15) is 11.3 Å². The van der Waals surface area contributed by atoms with E-state index in [9.17, 15) is 5.11 Å². The zero-order valence-electron chi connectivity index (χ0n) is 7.10. The molecular weight excluding hydrogens is 164 g/mol. The van der Waals surface area contributed by atoms with E-state index in [1.54, 1.807) is 6.07 Å². The van der Waals surface area contributed by atoms with E-state index >= 15 is 0 Å². The fraction of sp³-hybridized carbons (Fsp3) is 0.0909. The molecule has 0 aliphatic heterocycles. The molecule has 1 N–H and O–H groups in total. The molecule has 2 rings (SSSR count). The smallest absolute Gasteiger partial charge is 0.157 e. The quantitative estimate of drug-likeness (QED) is 0.759. The van der Waals surface area contributed by atoms with E-state index in [0.717, 1.165) is 5.56 Å². The largest absolute Gasteiger partial charge is 0.504 e. The van der Waals surface area contributed by atoms with Crippen LogP contribution in [0.4, 0.5) is 0 Å². The van der Waals surface area contributed by atoms with Gasteiger partial charge in [-0.15, -0.1) is 0 Å². The summed E-state index contributed by atoms with van der Waals surface area (Å²) in [6.07, 6.45) is 2.13. The van der Waals surface area contributed by atoms with E-state index < -0.39 is 0 Å². The topological polar surface area (TPSA) is 33.4 Å². The average Bonchev–Trinajstić information content (AvgIpc) is 2.54. The molecule has 0 aliphatic rings. The molecule has 1 aromatic carbocycles. The molecule has 1 heterocycles. The second-order valence-corrected chi connectivity index (χ2v) is 2.89. The predicted octanol–water partition coefficient (Wildman–Crippen LogP) is 2.58. The maximum atomic E-state index is 9.32. The number of hydrogen-bond acceptors (Lipinski definition) is 2. The summed E-state index contributed by atoms with van der Waals surface area (Å²) in [7, 11) is 0. The first-order valence-corrected chi connectivity index (χ1v) is 4.15. The van der Waals surface area contributed by atoms with Gasteiger partial charge in [0.2, 0.25) is 0 Å². The third-order valence-corrected chi connectivity index (χ3v) is 1.93. The first-order valence-electron chi connectivity index (χ1n) is 4.15. The number of aromatic hydroxyl groups is 1. The molecule has 1 aromatic heterocycles. The first-order chi connectivity index (χ1) is 6.36. The number of benzene rings is 1. The molecule has 0 saturated carbocycles. The van der Waals surface area contributed by atoms with Crippen LogP contribution in [0.15, 0.2) is 47.1 Å². The van der Waals surface area contributed by atoms with Crippen molar-refractivity contribution in [3.8, 4) is 5.75 Å². The van der Waals surface area contributed by atoms with Gasteiger partial charge in [0, 0.05) is 12.5 Å². The maximum absolute atomic E-state index is 9.32. The van der Waals surface area contributed by atoms with Crippen LogP contribution in [-0.4, -0.2) is 5.11 Å². The molecule has 2 heteroatoms. The van der Waals surface area contributed by atoms with Crippen LogP contribution in [0.25, 0.3) is 0 Å². The monoisotopic (exact) mass is 174 g/mol. The molecule has 0 saturated heterocycles. The van der Waals surface area contributed by atoms with Gasteiger partial charge in [-0.1, -0.05) is 30.3 Å². The molecule has 13 heavy (non-hydrogen) atoms. The lowest BCUT2D eigenvalue weighted by atomic mass is 10.1. The highest BCUT2D eigenvalue weighted by Crippen LogP contribution is 2.20. The van der Waals surface area contributed by atoms with Gasteiger partial charge in [-0.2, -0.15) is 0 Å². The molecule has 2 aromatic rings. The van der Waals surface area contributed by atoms with Gasteiger partial charge in [0.05, 0.1) is 6.26 Å². The zero-order valence-corrected chi connectivity index (χ0v) is 7.10. The van der Waals surface area contributed by atoms with Crippen LogP contribution >= 0.6 is 0 Å². The summed E-state index contributed by atoms with van der Waals surface area (Å²) in [5.74, 6) is 0.843. The molecule has 0 aliphatic carbocycles. The molecular formula is C11H10O2. The SMILES string of the molecule is Oc1ccoc1Cc1ccccc1. The normalized spacial score (nSPS) is 10.2. The summed E-state index contributed by atoms with van der Waals surface area (Å²) in [5.41, 5.74) is 1.13. The molecule has 0 fully saturated rings. The Labute approximate surface area is 76.4 Å². The molecule has 0 bridgehead atoms. The summed E-state index contributed by atoms with van der Waals surface area (Å²) < 4.78 is 5.12. The highest BCUT2D eigenvalue weighted by Gasteiger charge is 2.04. The third kappa shape index (κ3) is 1.72. The third-order valence-electron chi connectivity index (χ3n) is 1.93. The summed E-state index contributed by atoms with van der Waals surface area (Å²) in [6, 6.07) is 11.5. The van der Waals surface area contributed by atoms with Crippen LogP contribution < -0.4 is 0 Å². The average molecular weight is 174 g/mol. The minimum Gasteiger partial charge on any atom is -0.504 e. The lowest BCUT2D eigenvalue weighted by Gasteiger charge is -1.97. The van der Waals surface area contributed by atoms with Crippen LogP contribution in [0.3, 0.4) is 0 Å². The van der Waals surface area contributed by atoms with Crippen LogP contribution in [0.5, 0.6) is 5.75 Å². The minimum atomic E-state index is 0.226. The molecule has 0 radical (unpaired) electrons. The van der Waals surface area contributed by atoms with E-state index in [0.29, 0.717) is 12.2 Å². The van der Waals surface area contributed by atoms with Gasteiger partial charge in [0.25, 0.3) is 0 Å². The van der Waals surface area contributed by atoms with Gasteiger partial charge >= 0.3 is 0 Å². The van der Waals surface area contributed by atoms with Crippen molar-refractivity contribution in [2.24, 2.45) is 0 Å². The molecule has 2 nitrogen and oxygen atoms in total. The number of furan rings is 1. The van der Waals surface area contributed by atoms with Crippen molar-refractivity contribution in [3.05, 3.63) is 54.0 Å². The highest BCUT2D eigenvalue weighted by atomic mass is 16.4. The van der Waals surface area contributed by atoms with E-state index in [4.69, 9.17) is 4.42 Å². The lowest BCUT2D eigenvalue weighted by molar-refractivity contribution is 0.436. The van der Waals surface area contributed by atoms with Gasteiger partial charge in [-0.05, 0) is 5.56 Å². The van der Waals surface area contributed by atoms with E-state index in [2.05, 4.69) is 0 Å². The fourth-order valence-electron chi connectivity index (χ4n) is 1.25. The summed E-state index contributed by atoms with van der Waals surface area (Å²) in [4.78, 5) is 0. The Balaban J connectivity index is 2.20. The second kappa shape index (κ2) is 3.35. The Morgan fingerprint density at radius 1 is 1.08 bits per heavy atom. The van der Waals surface area contributed by atoms with E-state index in [1.165, 1.54) is 6.26 Å². The van der Waals surface area contributed by atoms with Gasteiger partial charge < -0.3 is 9.52 Å². The van der Waals surface area contributed by atoms with Crippen molar-refractivity contribution >= 4 is 0 Å². The van der Waals surface area contributed by atoms with Crippen molar-refractivity contribution in [2.45, 2.75) is 6.42 Å². The van der Waals surface area contributed by atoms with Crippen molar-refractivity contribution in [2.75, 3.05) is 0 Å². The first kappa shape index (κ1) is 7.92. The van der Waals surface area contributed by atoms with Crippen LogP contribution in [-0.2, 0) is 6.42 Å². The molecule has 0 spiro atoms. The fourth-order valence-corrected chi connectivity index (χ4v) is 1.25. The highest BCUT2D eigenvalue weighted by molar-refractivity contribution is 5.29. The van der Waals surface area contributed by atoms with Crippen LogP contribution in [0.2, 0.25) is 0 Å². The summed E-state index contributed by atoms with van der Waals surface area (Å²) >= 11 is 0. The van der Waals surface area contributed by atoms with E-state index in [1.807, 2.05) is 30.3 Å². The zero-order chi connectivity index (χ0) is 9.10. The van der Waals surface area contributed by atoms with Crippen molar-refractivity contribution in [1.29, 1.82) is 0 Å². The Hall–Kier alpha value is -1.70. The Bertz CT molecular complexity index is 376. The summed E-state index contributed by atoms with van der Waals surface area (Å²) in [5, 5.41) is 9.32. The predicted molar refractivity (Wildman–Crippen MR) is 49.6 cm³/mol. The molecule has 0 atom stereocenters. The van der Waals surface area contributed by atoms with E-state index in [-0.39, 0.29) is 5.75 Å². The Morgan fingerprint density at radius 2 is 1.85 bits per heavy atom. The summed E-state index contributed by atoms with van der Waals surface area (Å²) in [6.45, 7) is 0. The van der Waals surface area contributed by atoms with Gasteiger partial charge in [0.15, 0.2) is 5.75 Å². The minimum absolute atomic E-state index is 0.226. The van der Waals surface area contributed by atoms with Crippen molar-refractivity contribution in [1.82, 2.24) is 0 Å². The molecule has 0 unspecified atom stereocenters. The maximum Gasteiger partial charge on any atom is 0.157 e. The lowest BCUT2D eigenvalue weighted by Crippen LogP contribution is -1.84. The van der Waals surface area contributed by atoms with Gasteiger partial charge in [0.1, 0.15) is 5.76 Å². The standard InChI is InChI=1S/C11H10O2/c12-10-6-7-13-11(10)8-9-4-2-1-3-5-9/h1-7,12H,8H2.